The number of nitrogens with zero attached hydrogens (tertiary/aromatic N) is 1. The normalized spacial score (nSPS) is 10.2. The molecule has 1 aromatic heterocycles. The first-order valence-corrected chi connectivity index (χ1v) is 5.62. The maximum absolute atomic E-state index is 5.98. The largest absolute Gasteiger partial charge is 0.339 e. The highest BCUT2D eigenvalue weighted by Gasteiger charge is 2.03. The summed E-state index contributed by atoms with van der Waals surface area (Å²) in [6.45, 7) is 0. The van der Waals surface area contributed by atoms with Crippen LogP contribution in [0.3, 0.4) is 0 Å². The Morgan fingerprint density at radius 2 is 1.81 bits per heavy atom. The van der Waals surface area contributed by atoms with Crippen LogP contribution in [0.25, 0.3) is 0 Å². The summed E-state index contributed by atoms with van der Waals surface area (Å²) in [5, 5.41) is 4.67. The van der Waals surface area contributed by atoms with Crippen LogP contribution in [-0.2, 0) is 0 Å². The zero-order valence-electron chi connectivity index (χ0n) is 8.05. The van der Waals surface area contributed by atoms with E-state index in [1.165, 1.54) is 6.20 Å². The highest BCUT2D eigenvalue weighted by atomic mass is 35.5. The number of halogens is 3. The second-order valence-electron chi connectivity index (χ2n) is 3.12. The van der Waals surface area contributed by atoms with Gasteiger partial charge in [0.25, 0.3) is 0 Å². The summed E-state index contributed by atoms with van der Waals surface area (Å²) in [6.07, 6.45) is 1.53. The minimum absolute atomic E-state index is 0.465. The summed E-state index contributed by atoms with van der Waals surface area (Å²) in [5.41, 5.74) is 0.823. The molecule has 0 aliphatic rings. The fraction of sp³-hybridized carbons (Fsp3) is 0. The molecule has 0 radical (unpaired) electrons. The van der Waals surface area contributed by atoms with E-state index in [2.05, 4.69) is 10.3 Å². The standard InChI is InChI=1S/C11H7Cl3N2/c12-7-2-1-3-9(4-7)16-11-10(14)5-8(13)6-15-11/h1-6H,(H,15,16). The van der Waals surface area contributed by atoms with E-state index in [1.54, 1.807) is 18.2 Å². The van der Waals surface area contributed by atoms with Crippen LogP contribution in [0, 0.1) is 0 Å². The van der Waals surface area contributed by atoms with Gasteiger partial charge in [-0.2, -0.15) is 0 Å². The molecule has 0 spiro atoms. The molecule has 0 unspecified atom stereocenters. The summed E-state index contributed by atoms with van der Waals surface area (Å²) in [7, 11) is 0. The SMILES string of the molecule is Clc1cccc(Nc2ncc(Cl)cc2Cl)c1. The average Bonchev–Trinajstić information content (AvgIpc) is 2.22. The second-order valence-corrected chi connectivity index (χ2v) is 4.40. The number of rotatable bonds is 2. The van der Waals surface area contributed by atoms with Gasteiger partial charge in [-0.3, -0.25) is 0 Å². The molecule has 1 aromatic carbocycles. The van der Waals surface area contributed by atoms with E-state index in [9.17, 15) is 0 Å². The van der Waals surface area contributed by atoms with Gasteiger partial charge in [0.05, 0.1) is 10.0 Å². The number of hydrogen-bond acceptors (Lipinski definition) is 2. The molecule has 0 saturated heterocycles. The molecule has 0 atom stereocenters. The number of hydrogen-bond donors (Lipinski definition) is 1. The van der Waals surface area contributed by atoms with Crippen LogP contribution in [0.4, 0.5) is 11.5 Å². The summed E-state index contributed by atoms with van der Waals surface area (Å²) >= 11 is 17.6. The maximum Gasteiger partial charge on any atom is 0.149 e. The number of benzene rings is 1. The Kier molecular flexibility index (Phi) is 3.54. The van der Waals surface area contributed by atoms with Crippen LogP contribution in [-0.4, -0.2) is 4.98 Å². The topological polar surface area (TPSA) is 24.9 Å². The van der Waals surface area contributed by atoms with E-state index < -0.39 is 0 Å². The molecule has 0 aliphatic heterocycles. The first-order chi connectivity index (χ1) is 7.65. The minimum Gasteiger partial charge on any atom is -0.339 e. The van der Waals surface area contributed by atoms with Crippen molar-refractivity contribution in [3.8, 4) is 0 Å². The van der Waals surface area contributed by atoms with Gasteiger partial charge in [-0.1, -0.05) is 40.9 Å². The van der Waals surface area contributed by atoms with Gasteiger partial charge >= 0.3 is 0 Å². The Balaban J connectivity index is 2.27. The highest BCUT2D eigenvalue weighted by molar-refractivity contribution is 6.36. The van der Waals surface area contributed by atoms with Crippen LogP contribution in [0.2, 0.25) is 15.1 Å². The maximum atomic E-state index is 5.98. The highest BCUT2D eigenvalue weighted by Crippen LogP contribution is 2.26. The lowest BCUT2D eigenvalue weighted by molar-refractivity contribution is 1.31. The monoisotopic (exact) mass is 272 g/mol. The van der Waals surface area contributed by atoms with Gasteiger partial charge in [-0.15, -0.1) is 0 Å². The molecule has 82 valence electrons. The Labute approximate surface area is 108 Å². The predicted octanol–water partition coefficient (Wildman–Crippen LogP) is 4.79. The third-order valence-electron chi connectivity index (χ3n) is 1.90. The van der Waals surface area contributed by atoms with E-state index in [1.807, 2.05) is 12.1 Å². The fourth-order valence-corrected chi connectivity index (χ4v) is 1.83. The molecule has 2 nitrogen and oxygen atoms in total. The molecular formula is C11H7Cl3N2. The van der Waals surface area contributed by atoms with Crippen LogP contribution < -0.4 is 5.32 Å². The molecule has 0 fully saturated rings. The summed E-state index contributed by atoms with van der Waals surface area (Å²) in [4.78, 5) is 4.08. The third-order valence-corrected chi connectivity index (χ3v) is 2.63. The van der Waals surface area contributed by atoms with Crippen LogP contribution in [0.15, 0.2) is 36.5 Å². The van der Waals surface area contributed by atoms with Gasteiger partial charge in [0.2, 0.25) is 0 Å². The van der Waals surface area contributed by atoms with Crippen LogP contribution in [0.5, 0.6) is 0 Å². The molecule has 16 heavy (non-hydrogen) atoms. The van der Waals surface area contributed by atoms with Crippen molar-refractivity contribution < 1.29 is 0 Å². The van der Waals surface area contributed by atoms with Crippen molar-refractivity contribution in [1.29, 1.82) is 0 Å². The van der Waals surface area contributed by atoms with Crippen molar-refractivity contribution in [3.05, 3.63) is 51.6 Å². The van der Waals surface area contributed by atoms with Gasteiger partial charge in [0.1, 0.15) is 5.82 Å². The Bertz CT molecular complexity index is 514. The minimum atomic E-state index is 0.465. The van der Waals surface area contributed by atoms with Crippen LogP contribution >= 0.6 is 34.8 Å². The molecular weight excluding hydrogens is 266 g/mol. The van der Waals surface area contributed by atoms with Gasteiger partial charge in [0, 0.05) is 16.9 Å². The molecule has 5 heteroatoms. The predicted molar refractivity (Wildman–Crippen MR) is 69.0 cm³/mol. The third kappa shape index (κ3) is 2.79. The molecule has 2 rings (SSSR count). The van der Waals surface area contributed by atoms with Crippen molar-refractivity contribution in [2.24, 2.45) is 0 Å². The lowest BCUT2D eigenvalue weighted by Gasteiger charge is -2.07. The van der Waals surface area contributed by atoms with Crippen molar-refractivity contribution in [2.75, 3.05) is 5.32 Å². The molecule has 1 N–H and O–H groups in total. The number of anilines is 2. The van der Waals surface area contributed by atoms with E-state index in [0.717, 1.165) is 5.69 Å². The van der Waals surface area contributed by atoms with E-state index in [4.69, 9.17) is 34.8 Å². The van der Waals surface area contributed by atoms with Crippen molar-refractivity contribution in [1.82, 2.24) is 4.98 Å². The molecule has 1 heterocycles. The molecule has 0 aliphatic carbocycles. The van der Waals surface area contributed by atoms with E-state index in [-0.39, 0.29) is 0 Å². The van der Waals surface area contributed by atoms with E-state index >= 15 is 0 Å². The quantitative estimate of drug-likeness (QED) is 0.851. The van der Waals surface area contributed by atoms with Gasteiger partial charge in [-0.25, -0.2) is 4.98 Å². The van der Waals surface area contributed by atoms with Gasteiger partial charge in [0.15, 0.2) is 0 Å². The summed E-state index contributed by atoms with van der Waals surface area (Å²) < 4.78 is 0. The number of nitrogens with one attached hydrogen (secondary N) is 1. The van der Waals surface area contributed by atoms with E-state index in [0.29, 0.717) is 20.9 Å². The molecule has 0 bridgehead atoms. The average molecular weight is 274 g/mol. The lowest BCUT2D eigenvalue weighted by atomic mass is 10.3. The van der Waals surface area contributed by atoms with Crippen molar-refractivity contribution in [3.63, 3.8) is 0 Å². The lowest BCUT2D eigenvalue weighted by Crippen LogP contribution is -1.93. The fourth-order valence-electron chi connectivity index (χ4n) is 1.21. The number of aromatic nitrogens is 1. The second kappa shape index (κ2) is 4.91. The summed E-state index contributed by atoms with van der Waals surface area (Å²) in [5.74, 6) is 0.549. The Morgan fingerprint density at radius 1 is 1.00 bits per heavy atom. The Hall–Kier alpha value is -0.960. The van der Waals surface area contributed by atoms with Gasteiger partial charge in [-0.05, 0) is 24.3 Å². The molecule has 2 aromatic rings. The Morgan fingerprint density at radius 3 is 2.50 bits per heavy atom. The van der Waals surface area contributed by atoms with Crippen molar-refractivity contribution >= 4 is 46.3 Å². The summed E-state index contributed by atoms with van der Waals surface area (Å²) in [6, 6.07) is 8.92. The first kappa shape index (κ1) is 11.5. The number of pyridine rings is 1. The zero-order valence-corrected chi connectivity index (χ0v) is 10.3. The van der Waals surface area contributed by atoms with Crippen LogP contribution in [0.1, 0.15) is 0 Å². The first-order valence-electron chi connectivity index (χ1n) is 4.49. The van der Waals surface area contributed by atoms with Gasteiger partial charge < -0.3 is 5.32 Å². The smallest absolute Gasteiger partial charge is 0.149 e. The zero-order chi connectivity index (χ0) is 11.5. The molecule has 0 saturated carbocycles. The molecule has 0 amide bonds. The van der Waals surface area contributed by atoms with Crippen molar-refractivity contribution in [2.45, 2.75) is 0 Å².